The largest absolute Gasteiger partial charge is 0.354 e. The van der Waals surface area contributed by atoms with Crippen molar-refractivity contribution in [2.45, 2.75) is 284 Å². The van der Waals surface area contributed by atoms with Crippen LogP contribution in [0.15, 0.2) is 24.3 Å². The van der Waals surface area contributed by atoms with Crippen molar-refractivity contribution in [3.63, 3.8) is 0 Å². The normalized spacial score (nSPS) is 13.5. The SMILES string of the molecule is CCCCCCCC/C=C/CCCCCCCCN(CCCCN(CCCCCCCC/C=C/CCCCCCCC)CC(C)CNC(=O)C(CCCNCCCN)NCCCN)CC(C)CNC(=O)C(CCCNCCCN)NCCCN. The summed E-state index contributed by atoms with van der Waals surface area (Å²) in [6, 6.07) is -0.415. The molecule has 0 saturated heterocycles. The maximum Gasteiger partial charge on any atom is 0.237 e. The van der Waals surface area contributed by atoms with Crippen LogP contribution >= 0.6 is 0 Å². The standard InChI is InChI=1S/C70H146N12O2/c1-5-7-9-11-13-15-17-19-21-23-25-27-29-31-33-35-57-81(63-65(3)61-79-69(83)67(77-55-43-49-73)45-39-51-75-53-41-47-71)59-37-38-60-82(58-36-34-32-30-28-26-24-22-20-18-16-14-12-10-8-6-2)64-66(4)62-80-70(84)68(78-56-44-50-74)46-40-52-76-54-42-48-72/h19-22,65-68,75-78H,5-18,23-64,71-74H2,1-4H3,(H,79,83)(H,80,84)/b21-19+,22-20+. The first-order chi connectivity index (χ1) is 41.3. The molecule has 0 saturated carbocycles. The summed E-state index contributed by atoms with van der Waals surface area (Å²) < 4.78 is 0. The minimum atomic E-state index is -0.207. The number of unbranched alkanes of at least 4 members (excludes halogenated alkanes) is 25. The lowest BCUT2D eigenvalue weighted by Crippen LogP contribution is -2.47. The summed E-state index contributed by atoms with van der Waals surface area (Å²) in [6.45, 7) is 24.7. The zero-order valence-corrected chi connectivity index (χ0v) is 56.2. The Hall–Kier alpha value is -1.98. The topological polar surface area (TPSA) is 217 Å². The number of nitrogens with two attached hydrogens (primary N) is 4. The van der Waals surface area contributed by atoms with Gasteiger partial charge in [0.25, 0.3) is 0 Å². The number of hydrogen-bond donors (Lipinski definition) is 10. The predicted molar refractivity (Wildman–Crippen MR) is 368 cm³/mol. The Labute approximate surface area is 521 Å². The van der Waals surface area contributed by atoms with Gasteiger partial charge in [0.15, 0.2) is 0 Å². The summed E-state index contributed by atoms with van der Waals surface area (Å²) in [6.07, 6.45) is 56.1. The van der Waals surface area contributed by atoms with Crippen LogP contribution in [0.25, 0.3) is 0 Å². The van der Waals surface area contributed by atoms with Crippen molar-refractivity contribution in [1.82, 2.24) is 41.7 Å². The monoisotopic (exact) mass is 1190 g/mol. The van der Waals surface area contributed by atoms with E-state index in [-0.39, 0.29) is 23.9 Å². The summed E-state index contributed by atoms with van der Waals surface area (Å²) in [7, 11) is 0. The Bertz CT molecular complexity index is 1310. The Morgan fingerprint density at radius 2 is 0.631 bits per heavy atom. The van der Waals surface area contributed by atoms with Crippen LogP contribution in [-0.2, 0) is 9.59 Å². The number of carbonyl (C=O) groups is 2. The van der Waals surface area contributed by atoms with Gasteiger partial charge in [-0.1, -0.05) is 168 Å². The number of nitrogens with zero attached hydrogens (tertiary/aromatic N) is 2. The highest BCUT2D eigenvalue weighted by molar-refractivity contribution is 5.82. The molecule has 14 nitrogen and oxygen atoms in total. The molecule has 498 valence electrons. The van der Waals surface area contributed by atoms with Crippen molar-refractivity contribution in [1.29, 1.82) is 0 Å². The highest BCUT2D eigenvalue weighted by Crippen LogP contribution is 2.15. The molecule has 0 aromatic heterocycles. The second kappa shape index (κ2) is 67.0. The second-order valence-electron chi connectivity index (χ2n) is 25.3. The van der Waals surface area contributed by atoms with Crippen LogP contribution in [0.4, 0.5) is 0 Å². The molecule has 0 aromatic rings. The van der Waals surface area contributed by atoms with Gasteiger partial charge in [-0.25, -0.2) is 0 Å². The molecule has 0 aliphatic carbocycles. The van der Waals surface area contributed by atoms with Gasteiger partial charge in [0.05, 0.1) is 12.1 Å². The van der Waals surface area contributed by atoms with Crippen LogP contribution in [0.1, 0.15) is 272 Å². The smallest absolute Gasteiger partial charge is 0.237 e. The number of hydrogen-bond acceptors (Lipinski definition) is 12. The van der Waals surface area contributed by atoms with Gasteiger partial charge < -0.3 is 64.6 Å². The molecule has 4 atom stereocenters. The fourth-order valence-corrected chi connectivity index (χ4v) is 11.2. The third-order valence-electron chi connectivity index (χ3n) is 16.5. The molecule has 0 rings (SSSR count). The predicted octanol–water partition coefficient (Wildman–Crippen LogP) is 12.0. The molecule has 14 heteroatoms. The first-order valence-electron chi connectivity index (χ1n) is 36.2. The third-order valence-corrected chi connectivity index (χ3v) is 16.5. The first-order valence-corrected chi connectivity index (χ1v) is 36.2. The van der Waals surface area contributed by atoms with E-state index in [1.54, 1.807) is 0 Å². The molecule has 0 aliphatic heterocycles. The summed E-state index contributed by atoms with van der Waals surface area (Å²) in [5.74, 6) is 0.909. The lowest BCUT2D eigenvalue weighted by Gasteiger charge is -2.29. The van der Waals surface area contributed by atoms with Crippen molar-refractivity contribution in [2.24, 2.45) is 34.8 Å². The van der Waals surface area contributed by atoms with Crippen molar-refractivity contribution in [3.8, 4) is 0 Å². The molecular formula is C70H146N12O2. The summed E-state index contributed by atoms with van der Waals surface area (Å²) in [5.41, 5.74) is 23.0. The maximum atomic E-state index is 13.6. The van der Waals surface area contributed by atoms with Gasteiger partial charge >= 0.3 is 0 Å². The Kier molecular flexibility index (Phi) is 65.4. The molecule has 14 N–H and O–H groups in total. The number of rotatable bonds is 69. The van der Waals surface area contributed by atoms with Gasteiger partial charge in [0.1, 0.15) is 0 Å². The quantitative estimate of drug-likeness (QED) is 0.0203. The van der Waals surface area contributed by atoms with Gasteiger partial charge in [0.2, 0.25) is 11.8 Å². The first kappa shape index (κ1) is 82.0. The molecule has 0 bridgehead atoms. The van der Waals surface area contributed by atoms with Crippen LogP contribution in [-0.4, -0.2) is 152 Å². The number of nitrogens with one attached hydrogen (secondary N) is 6. The van der Waals surface area contributed by atoms with E-state index >= 15 is 0 Å². The molecular weight excluding hydrogens is 1040 g/mol. The minimum Gasteiger partial charge on any atom is -0.354 e. The van der Waals surface area contributed by atoms with E-state index in [2.05, 4.69) is 93.7 Å². The van der Waals surface area contributed by atoms with Crippen molar-refractivity contribution in [3.05, 3.63) is 24.3 Å². The number of carbonyl (C=O) groups excluding carboxylic acids is 2. The molecule has 4 unspecified atom stereocenters. The van der Waals surface area contributed by atoms with Crippen LogP contribution in [0.2, 0.25) is 0 Å². The van der Waals surface area contributed by atoms with Crippen molar-refractivity contribution >= 4 is 11.8 Å². The fraction of sp³-hybridized carbons (Fsp3) is 0.914. The highest BCUT2D eigenvalue weighted by atomic mass is 16.2. The second-order valence-corrected chi connectivity index (χ2v) is 25.3. The van der Waals surface area contributed by atoms with Gasteiger partial charge in [-0.2, -0.15) is 0 Å². The van der Waals surface area contributed by atoms with E-state index in [1.807, 2.05) is 0 Å². The molecule has 0 fully saturated rings. The Balaban J connectivity index is 5.66. The number of allylic oxidation sites excluding steroid dienone is 4. The average Bonchev–Trinajstić information content (AvgIpc) is 3.50. The van der Waals surface area contributed by atoms with E-state index in [1.165, 1.54) is 180 Å². The van der Waals surface area contributed by atoms with E-state index < -0.39 is 0 Å². The molecule has 2 amide bonds. The average molecular weight is 1190 g/mol. The number of amides is 2. The highest BCUT2D eigenvalue weighted by Gasteiger charge is 2.21. The Morgan fingerprint density at radius 3 is 0.952 bits per heavy atom. The van der Waals surface area contributed by atoms with Gasteiger partial charge in [0, 0.05) is 26.2 Å². The molecule has 0 radical (unpaired) electrons. The van der Waals surface area contributed by atoms with Crippen LogP contribution in [0.3, 0.4) is 0 Å². The zero-order valence-electron chi connectivity index (χ0n) is 56.2. The van der Waals surface area contributed by atoms with E-state index in [0.717, 1.165) is 143 Å². The molecule has 84 heavy (non-hydrogen) atoms. The van der Waals surface area contributed by atoms with Gasteiger partial charge in [-0.3, -0.25) is 9.59 Å². The zero-order chi connectivity index (χ0) is 61.3. The van der Waals surface area contributed by atoms with Gasteiger partial charge in [-0.15, -0.1) is 0 Å². The molecule has 0 aliphatic rings. The van der Waals surface area contributed by atoms with Crippen LogP contribution in [0, 0.1) is 11.8 Å². The molecule has 0 aromatic carbocycles. The Morgan fingerprint density at radius 1 is 0.357 bits per heavy atom. The third kappa shape index (κ3) is 57.7. The summed E-state index contributed by atoms with van der Waals surface area (Å²) >= 11 is 0. The molecule has 0 spiro atoms. The fourth-order valence-electron chi connectivity index (χ4n) is 11.2. The van der Waals surface area contributed by atoms with Crippen LogP contribution < -0.4 is 54.8 Å². The van der Waals surface area contributed by atoms with Crippen molar-refractivity contribution in [2.75, 3.05) is 118 Å². The lowest BCUT2D eigenvalue weighted by molar-refractivity contribution is -0.124. The summed E-state index contributed by atoms with van der Waals surface area (Å²) in [5, 5.41) is 20.7. The lowest BCUT2D eigenvalue weighted by atomic mass is 10.1. The van der Waals surface area contributed by atoms with E-state index in [4.69, 9.17) is 22.9 Å². The maximum absolute atomic E-state index is 13.6. The van der Waals surface area contributed by atoms with Gasteiger partial charge in [-0.05, 0) is 232 Å². The van der Waals surface area contributed by atoms with E-state index in [0.29, 0.717) is 51.1 Å². The van der Waals surface area contributed by atoms with E-state index in [9.17, 15) is 9.59 Å². The molecule has 0 heterocycles. The van der Waals surface area contributed by atoms with Crippen molar-refractivity contribution < 1.29 is 9.59 Å². The van der Waals surface area contributed by atoms with Crippen LogP contribution in [0.5, 0.6) is 0 Å². The summed E-state index contributed by atoms with van der Waals surface area (Å²) in [4.78, 5) is 32.7. The minimum absolute atomic E-state index is 0.109.